The van der Waals surface area contributed by atoms with Crippen molar-refractivity contribution in [3.63, 3.8) is 0 Å². The van der Waals surface area contributed by atoms with Crippen LogP contribution in [0.3, 0.4) is 0 Å². The number of aliphatic imine (C=N–C) groups is 1. The number of nitrogens with zero attached hydrogens (tertiary/aromatic N) is 2. The van der Waals surface area contributed by atoms with Crippen LogP contribution in [0.5, 0.6) is 0 Å². The molecule has 0 aromatic carbocycles. The van der Waals surface area contributed by atoms with Gasteiger partial charge in [0.25, 0.3) is 0 Å². The van der Waals surface area contributed by atoms with Crippen LogP contribution in [0.15, 0.2) is 4.99 Å². The summed E-state index contributed by atoms with van der Waals surface area (Å²) in [6, 6.07) is 0. The van der Waals surface area contributed by atoms with Crippen LogP contribution in [0.25, 0.3) is 0 Å². The zero-order valence-corrected chi connectivity index (χ0v) is 14.6. The first-order chi connectivity index (χ1) is 8.63. The summed E-state index contributed by atoms with van der Waals surface area (Å²) in [5, 5.41) is 12.8. The Morgan fingerprint density at radius 2 is 2.26 bits per heavy atom. The lowest BCUT2D eigenvalue weighted by atomic mass is 10.2. The number of ether oxygens (including phenoxy) is 1. The Labute approximate surface area is 133 Å². The number of hydrogen-bond acceptors (Lipinski definition) is 3. The summed E-state index contributed by atoms with van der Waals surface area (Å²) in [5.74, 6) is 1.46. The number of nitrogens with one attached hydrogen (secondary N) is 1. The van der Waals surface area contributed by atoms with Crippen LogP contribution in [-0.2, 0) is 4.74 Å². The second-order valence-electron chi connectivity index (χ2n) is 5.09. The van der Waals surface area contributed by atoms with Gasteiger partial charge in [-0.15, -0.1) is 24.0 Å². The quantitative estimate of drug-likeness (QED) is 0.313. The highest BCUT2D eigenvalue weighted by atomic mass is 127. The van der Waals surface area contributed by atoms with Gasteiger partial charge < -0.3 is 20.1 Å². The molecule has 0 spiro atoms. The van der Waals surface area contributed by atoms with Crippen molar-refractivity contribution in [2.24, 2.45) is 10.9 Å². The van der Waals surface area contributed by atoms with Gasteiger partial charge in [0.15, 0.2) is 5.96 Å². The Bertz CT molecular complexity index is 262. The van der Waals surface area contributed by atoms with E-state index in [2.05, 4.69) is 36.0 Å². The molecule has 1 aliphatic heterocycles. The van der Waals surface area contributed by atoms with Crippen LogP contribution < -0.4 is 5.32 Å². The minimum absolute atomic E-state index is 0. The van der Waals surface area contributed by atoms with Crippen LogP contribution in [0.4, 0.5) is 0 Å². The molecule has 0 amide bonds. The Morgan fingerprint density at radius 3 is 2.79 bits per heavy atom. The SMILES string of the molecule is CCNC(=NCCOCC(C)C)N1CC[C@@H](O)C1.I. The molecule has 0 bridgehead atoms. The van der Waals surface area contributed by atoms with Gasteiger partial charge in [-0.2, -0.15) is 0 Å². The van der Waals surface area contributed by atoms with Crippen molar-refractivity contribution in [3.8, 4) is 0 Å². The van der Waals surface area contributed by atoms with Gasteiger partial charge in [-0.3, -0.25) is 4.99 Å². The van der Waals surface area contributed by atoms with E-state index in [1.807, 2.05) is 0 Å². The fourth-order valence-corrected chi connectivity index (χ4v) is 1.90. The number of hydrogen-bond donors (Lipinski definition) is 2. The van der Waals surface area contributed by atoms with Crippen molar-refractivity contribution in [3.05, 3.63) is 0 Å². The van der Waals surface area contributed by atoms with E-state index >= 15 is 0 Å². The molecule has 19 heavy (non-hydrogen) atoms. The molecule has 5 nitrogen and oxygen atoms in total. The molecule has 1 fully saturated rings. The van der Waals surface area contributed by atoms with Crippen molar-refractivity contribution < 1.29 is 9.84 Å². The highest BCUT2D eigenvalue weighted by Gasteiger charge is 2.22. The van der Waals surface area contributed by atoms with Crippen LogP contribution in [0.2, 0.25) is 0 Å². The van der Waals surface area contributed by atoms with Gasteiger partial charge in [0, 0.05) is 26.2 Å². The summed E-state index contributed by atoms with van der Waals surface area (Å²) in [4.78, 5) is 6.63. The van der Waals surface area contributed by atoms with Gasteiger partial charge in [-0.25, -0.2) is 0 Å². The highest BCUT2D eigenvalue weighted by molar-refractivity contribution is 14.0. The number of likely N-dealkylation sites (tertiary alicyclic amines) is 1. The lowest BCUT2D eigenvalue weighted by Crippen LogP contribution is -2.40. The van der Waals surface area contributed by atoms with E-state index in [4.69, 9.17) is 4.74 Å². The lowest BCUT2D eigenvalue weighted by Gasteiger charge is -2.20. The number of guanidine groups is 1. The smallest absolute Gasteiger partial charge is 0.194 e. The third-order valence-corrected chi connectivity index (χ3v) is 2.75. The van der Waals surface area contributed by atoms with Crippen molar-refractivity contribution >= 4 is 29.9 Å². The van der Waals surface area contributed by atoms with E-state index in [0.717, 1.165) is 32.1 Å². The van der Waals surface area contributed by atoms with Gasteiger partial charge >= 0.3 is 0 Å². The molecule has 0 aromatic rings. The second kappa shape index (κ2) is 10.7. The molecular weight excluding hydrogens is 357 g/mol. The van der Waals surface area contributed by atoms with Crippen LogP contribution in [-0.4, -0.2) is 61.5 Å². The lowest BCUT2D eigenvalue weighted by molar-refractivity contribution is 0.116. The summed E-state index contributed by atoms with van der Waals surface area (Å²) in [6.07, 6.45) is 0.611. The Balaban J connectivity index is 0.00000324. The number of aliphatic hydroxyl groups is 1. The topological polar surface area (TPSA) is 57.1 Å². The maximum atomic E-state index is 9.54. The molecule has 1 aliphatic rings. The Hall–Kier alpha value is -0.0800. The second-order valence-corrected chi connectivity index (χ2v) is 5.09. The Kier molecular flexibility index (Phi) is 10.6. The van der Waals surface area contributed by atoms with E-state index in [1.54, 1.807) is 0 Å². The minimum atomic E-state index is -0.217. The summed E-state index contributed by atoms with van der Waals surface area (Å²) < 4.78 is 5.50. The predicted octanol–water partition coefficient (Wildman–Crippen LogP) is 1.31. The van der Waals surface area contributed by atoms with Crippen LogP contribution in [0.1, 0.15) is 27.2 Å². The average Bonchev–Trinajstić information content (AvgIpc) is 2.73. The van der Waals surface area contributed by atoms with E-state index < -0.39 is 0 Å². The van der Waals surface area contributed by atoms with Gasteiger partial charge in [-0.1, -0.05) is 13.8 Å². The maximum absolute atomic E-state index is 9.54. The third-order valence-electron chi connectivity index (χ3n) is 2.75. The van der Waals surface area contributed by atoms with Crippen molar-refractivity contribution in [2.75, 3.05) is 39.4 Å². The molecule has 0 radical (unpaired) electrons. The van der Waals surface area contributed by atoms with Crippen LogP contribution >= 0.6 is 24.0 Å². The molecule has 6 heteroatoms. The fourth-order valence-electron chi connectivity index (χ4n) is 1.90. The summed E-state index contributed by atoms with van der Waals surface area (Å²) in [7, 11) is 0. The zero-order chi connectivity index (χ0) is 13.4. The van der Waals surface area contributed by atoms with Crippen molar-refractivity contribution in [1.29, 1.82) is 0 Å². The zero-order valence-electron chi connectivity index (χ0n) is 12.3. The summed E-state index contributed by atoms with van der Waals surface area (Å²) >= 11 is 0. The first-order valence-corrected chi connectivity index (χ1v) is 6.92. The van der Waals surface area contributed by atoms with Crippen LogP contribution in [0, 0.1) is 5.92 Å². The number of aliphatic hydroxyl groups excluding tert-OH is 1. The van der Waals surface area contributed by atoms with Gasteiger partial charge in [0.05, 0.1) is 19.3 Å². The third kappa shape index (κ3) is 7.94. The maximum Gasteiger partial charge on any atom is 0.194 e. The molecule has 1 heterocycles. The molecule has 2 N–H and O–H groups in total. The standard InChI is InChI=1S/C13H27N3O2.HI/c1-4-14-13(16-7-5-12(17)9-16)15-6-8-18-10-11(2)3;/h11-12,17H,4-10H2,1-3H3,(H,14,15);1H/t12-;/m1./s1. The first kappa shape index (κ1) is 18.9. The summed E-state index contributed by atoms with van der Waals surface area (Å²) in [5.41, 5.74) is 0. The molecule has 114 valence electrons. The first-order valence-electron chi connectivity index (χ1n) is 6.92. The monoisotopic (exact) mass is 385 g/mol. The molecule has 0 unspecified atom stereocenters. The minimum Gasteiger partial charge on any atom is -0.391 e. The van der Waals surface area contributed by atoms with E-state index in [-0.39, 0.29) is 30.1 Å². The number of halogens is 1. The van der Waals surface area contributed by atoms with E-state index in [1.165, 1.54) is 0 Å². The molecule has 1 rings (SSSR count). The van der Waals surface area contributed by atoms with E-state index in [0.29, 0.717) is 25.6 Å². The van der Waals surface area contributed by atoms with Gasteiger partial charge in [0.2, 0.25) is 0 Å². The molecule has 0 aliphatic carbocycles. The fraction of sp³-hybridized carbons (Fsp3) is 0.923. The Morgan fingerprint density at radius 1 is 1.53 bits per heavy atom. The molecular formula is C13H28IN3O2. The van der Waals surface area contributed by atoms with Crippen molar-refractivity contribution in [2.45, 2.75) is 33.3 Å². The molecule has 0 saturated carbocycles. The average molecular weight is 385 g/mol. The molecule has 1 saturated heterocycles. The molecule has 0 aromatic heterocycles. The number of rotatable bonds is 6. The number of β-amino-alcohol motifs (C(OH)–C–C–N with tert-alkyl or cyclic N) is 1. The van der Waals surface area contributed by atoms with Crippen molar-refractivity contribution in [1.82, 2.24) is 10.2 Å². The largest absolute Gasteiger partial charge is 0.391 e. The van der Waals surface area contributed by atoms with Gasteiger partial charge in [-0.05, 0) is 19.3 Å². The van der Waals surface area contributed by atoms with E-state index in [9.17, 15) is 5.11 Å². The van der Waals surface area contributed by atoms with Gasteiger partial charge in [0.1, 0.15) is 0 Å². The normalized spacial score (nSPS) is 19.7. The summed E-state index contributed by atoms with van der Waals surface area (Å²) in [6.45, 7) is 10.8. The molecule has 1 atom stereocenters. The predicted molar refractivity (Wildman–Crippen MR) is 89.2 cm³/mol. The highest BCUT2D eigenvalue weighted by Crippen LogP contribution is 2.08.